The lowest BCUT2D eigenvalue weighted by atomic mass is 10.2. The molecule has 1 fully saturated rings. The van der Waals surface area contributed by atoms with Crippen LogP contribution >= 0.6 is 0 Å². The number of aromatic nitrogens is 3. The highest BCUT2D eigenvalue weighted by Crippen LogP contribution is 2.21. The van der Waals surface area contributed by atoms with Crippen molar-refractivity contribution in [3.8, 4) is 11.5 Å². The first kappa shape index (κ1) is 19.1. The van der Waals surface area contributed by atoms with Crippen molar-refractivity contribution < 1.29 is 14.3 Å². The number of hydrogen-bond acceptors (Lipinski definition) is 5. The predicted octanol–water partition coefficient (Wildman–Crippen LogP) is 3.52. The van der Waals surface area contributed by atoms with Crippen LogP contribution in [-0.2, 0) is 17.8 Å². The second-order valence-corrected chi connectivity index (χ2v) is 7.18. The lowest BCUT2D eigenvalue weighted by molar-refractivity contribution is 0.0778. The van der Waals surface area contributed by atoms with E-state index in [0.29, 0.717) is 18.8 Å². The molecule has 0 bridgehead atoms. The monoisotopic (exact) mass is 392 g/mol. The van der Waals surface area contributed by atoms with Crippen LogP contribution in [-0.4, -0.2) is 45.6 Å². The van der Waals surface area contributed by atoms with E-state index in [2.05, 4.69) is 10.3 Å². The average molecular weight is 392 g/mol. The number of carbonyl (C=O) groups is 1. The van der Waals surface area contributed by atoms with Crippen molar-refractivity contribution in [2.24, 2.45) is 0 Å². The summed E-state index contributed by atoms with van der Waals surface area (Å²) in [5.74, 6) is 1.39. The molecule has 0 spiro atoms. The Morgan fingerprint density at radius 3 is 2.66 bits per heavy atom. The second kappa shape index (κ2) is 8.87. The van der Waals surface area contributed by atoms with Crippen LogP contribution in [0.15, 0.2) is 60.8 Å². The number of benzene rings is 2. The molecule has 1 amide bonds. The van der Waals surface area contributed by atoms with Gasteiger partial charge in [-0.3, -0.25) is 4.79 Å². The molecule has 0 aliphatic carbocycles. The molecule has 7 heteroatoms. The summed E-state index contributed by atoms with van der Waals surface area (Å²) >= 11 is 0. The quantitative estimate of drug-likeness (QED) is 0.615. The molecule has 0 saturated carbocycles. The zero-order valence-corrected chi connectivity index (χ0v) is 16.4. The van der Waals surface area contributed by atoms with Crippen molar-refractivity contribution >= 4 is 5.91 Å². The van der Waals surface area contributed by atoms with Crippen LogP contribution in [0.25, 0.3) is 0 Å². The van der Waals surface area contributed by atoms with Crippen molar-refractivity contribution in [2.75, 3.05) is 13.7 Å². The minimum Gasteiger partial charge on any atom is -0.457 e. The van der Waals surface area contributed by atoms with E-state index in [4.69, 9.17) is 9.47 Å². The minimum absolute atomic E-state index is 0.159. The zero-order chi connectivity index (χ0) is 20.1. The third-order valence-electron chi connectivity index (χ3n) is 4.84. The Hall–Kier alpha value is -3.19. The number of rotatable bonds is 7. The second-order valence-electron chi connectivity index (χ2n) is 7.18. The van der Waals surface area contributed by atoms with Crippen molar-refractivity contribution in [3.05, 3.63) is 72.1 Å². The first-order valence-electron chi connectivity index (χ1n) is 9.76. The molecule has 7 nitrogen and oxygen atoms in total. The van der Waals surface area contributed by atoms with E-state index in [1.54, 1.807) is 22.8 Å². The number of hydrogen-bond donors (Lipinski definition) is 0. The van der Waals surface area contributed by atoms with E-state index < -0.39 is 0 Å². The van der Waals surface area contributed by atoms with Gasteiger partial charge in [-0.15, -0.1) is 5.10 Å². The first-order chi connectivity index (χ1) is 14.2. The van der Waals surface area contributed by atoms with E-state index in [1.807, 2.05) is 54.6 Å². The first-order valence-corrected chi connectivity index (χ1v) is 9.76. The number of nitrogens with zero attached hydrogens (tertiary/aromatic N) is 4. The van der Waals surface area contributed by atoms with Crippen LogP contribution in [0.1, 0.15) is 28.9 Å². The molecule has 1 atom stereocenters. The van der Waals surface area contributed by atoms with Crippen LogP contribution in [0.5, 0.6) is 11.5 Å². The lowest BCUT2D eigenvalue weighted by Gasteiger charge is -2.16. The van der Waals surface area contributed by atoms with Gasteiger partial charge in [-0.1, -0.05) is 35.5 Å². The fraction of sp³-hybridized carbons (Fsp3) is 0.318. The number of carbonyl (C=O) groups excluding carboxylic acids is 1. The van der Waals surface area contributed by atoms with Crippen molar-refractivity contribution in [3.63, 3.8) is 0 Å². The number of para-hydroxylation sites is 1. The summed E-state index contributed by atoms with van der Waals surface area (Å²) in [6.07, 6.45) is 3.95. The van der Waals surface area contributed by atoms with E-state index in [1.165, 1.54) is 0 Å². The lowest BCUT2D eigenvalue weighted by Crippen LogP contribution is -2.26. The maximum atomic E-state index is 12.7. The molecule has 0 radical (unpaired) electrons. The van der Waals surface area contributed by atoms with Gasteiger partial charge in [0.15, 0.2) is 5.69 Å². The molecule has 0 N–H and O–H groups in total. The molecule has 150 valence electrons. The van der Waals surface area contributed by atoms with Gasteiger partial charge in [-0.2, -0.15) is 0 Å². The van der Waals surface area contributed by atoms with E-state index in [-0.39, 0.29) is 12.0 Å². The molecule has 1 aliphatic heterocycles. The molecular weight excluding hydrogens is 368 g/mol. The third kappa shape index (κ3) is 5.00. The Labute approximate surface area is 169 Å². The predicted molar refractivity (Wildman–Crippen MR) is 108 cm³/mol. The van der Waals surface area contributed by atoms with Gasteiger partial charge in [0.25, 0.3) is 5.91 Å². The fourth-order valence-corrected chi connectivity index (χ4v) is 3.31. The van der Waals surface area contributed by atoms with E-state index in [0.717, 1.165) is 36.5 Å². The standard InChI is InChI=1S/C22H24N4O3/c1-25(22(27)21-16-26(24-23-21)15-20-8-5-13-28-20)14-17-9-11-19(12-10-17)29-18-6-3-2-4-7-18/h2-4,6-7,9-12,16,20H,5,8,13-15H2,1H3/t20-/m0/s1. The Kier molecular flexibility index (Phi) is 5.86. The SMILES string of the molecule is CN(Cc1ccc(Oc2ccccc2)cc1)C(=O)c1cn(C[C@@H]2CCCO2)nn1. The Morgan fingerprint density at radius 2 is 1.93 bits per heavy atom. The highest BCUT2D eigenvalue weighted by molar-refractivity contribution is 5.91. The smallest absolute Gasteiger partial charge is 0.276 e. The zero-order valence-electron chi connectivity index (χ0n) is 16.4. The normalized spacial score (nSPS) is 16.0. The maximum absolute atomic E-state index is 12.7. The summed E-state index contributed by atoms with van der Waals surface area (Å²) in [6.45, 7) is 1.90. The van der Waals surface area contributed by atoms with Crippen LogP contribution in [0.4, 0.5) is 0 Å². The molecule has 3 aromatic rings. The molecule has 0 unspecified atom stereocenters. The summed E-state index contributed by atoms with van der Waals surface area (Å²) in [6, 6.07) is 17.3. The number of ether oxygens (including phenoxy) is 2. The Morgan fingerprint density at radius 1 is 1.17 bits per heavy atom. The largest absolute Gasteiger partial charge is 0.457 e. The Balaban J connectivity index is 1.33. The topological polar surface area (TPSA) is 69.5 Å². The van der Waals surface area contributed by atoms with Crippen LogP contribution in [0, 0.1) is 0 Å². The average Bonchev–Trinajstić information content (AvgIpc) is 3.42. The van der Waals surface area contributed by atoms with Crippen LogP contribution in [0.2, 0.25) is 0 Å². The van der Waals surface area contributed by atoms with Gasteiger partial charge in [0, 0.05) is 20.2 Å². The van der Waals surface area contributed by atoms with Gasteiger partial charge >= 0.3 is 0 Å². The third-order valence-corrected chi connectivity index (χ3v) is 4.84. The van der Waals surface area contributed by atoms with Gasteiger partial charge in [-0.25, -0.2) is 4.68 Å². The molecule has 1 aromatic heterocycles. The maximum Gasteiger partial charge on any atom is 0.276 e. The van der Waals surface area contributed by atoms with Crippen molar-refractivity contribution in [2.45, 2.75) is 32.0 Å². The minimum atomic E-state index is -0.159. The van der Waals surface area contributed by atoms with Gasteiger partial charge < -0.3 is 14.4 Å². The highest BCUT2D eigenvalue weighted by atomic mass is 16.5. The Bertz CT molecular complexity index is 934. The molecule has 2 aromatic carbocycles. The van der Waals surface area contributed by atoms with Gasteiger partial charge in [-0.05, 0) is 42.7 Å². The van der Waals surface area contributed by atoms with Crippen LogP contribution < -0.4 is 4.74 Å². The summed E-state index contributed by atoms with van der Waals surface area (Å²) in [7, 11) is 1.76. The van der Waals surface area contributed by atoms with Gasteiger partial charge in [0.05, 0.1) is 18.8 Å². The summed E-state index contributed by atoms with van der Waals surface area (Å²) < 4.78 is 13.1. The van der Waals surface area contributed by atoms with Crippen molar-refractivity contribution in [1.82, 2.24) is 19.9 Å². The van der Waals surface area contributed by atoms with Gasteiger partial charge in [0.2, 0.25) is 0 Å². The summed E-state index contributed by atoms with van der Waals surface area (Å²) in [5, 5.41) is 8.09. The van der Waals surface area contributed by atoms with E-state index >= 15 is 0 Å². The van der Waals surface area contributed by atoms with Crippen molar-refractivity contribution in [1.29, 1.82) is 0 Å². The van der Waals surface area contributed by atoms with Gasteiger partial charge in [0.1, 0.15) is 11.5 Å². The summed E-state index contributed by atoms with van der Waals surface area (Å²) in [4.78, 5) is 14.3. The molecule has 29 heavy (non-hydrogen) atoms. The molecule has 1 aliphatic rings. The van der Waals surface area contributed by atoms with E-state index in [9.17, 15) is 4.79 Å². The number of amides is 1. The highest BCUT2D eigenvalue weighted by Gasteiger charge is 2.20. The fourth-order valence-electron chi connectivity index (χ4n) is 3.31. The van der Waals surface area contributed by atoms with Crippen LogP contribution in [0.3, 0.4) is 0 Å². The molecular formula is C22H24N4O3. The molecule has 4 rings (SSSR count). The molecule has 2 heterocycles. The summed E-state index contributed by atoms with van der Waals surface area (Å²) in [5.41, 5.74) is 1.35. The molecule has 1 saturated heterocycles.